The summed E-state index contributed by atoms with van der Waals surface area (Å²) >= 11 is 0. The molecule has 0 atom stereocenters. The summed E-state index contributed by atoms with van der Waals surface area (Å²) in [5.41, 5.74) is -0.0272. The molecule has 0 saturated carbocycles. The van der Waals surface area contributed by atoms with Crippen molar-refractivity contribution in [3.05, 3.63) is 46.5 Å². The molecule has 0 aliphatic heterocycles. The molecule has 7 nitrogen and oxygen atoms in total. The smallest absolute Gasteiger partial charge is 0.338 e. The molecule has 0 radical (unpaired) electrons. The van der Waals surface area contributed by atoms with Gasteiger partial charge >= 0.3 is 5.97 Å². The molecule has 1 aromatic carbocycles. The molecular weight excluding hydrogens is 276 g/mol. The molecule has 1 aromatic heterocycles. The number of carbonyl (C=O) groups excluding carboxylic acids is 1. The summed E-state index contributed by atoms with van der Waals surface area (Å²) in [7, 11) is 1.35. The first-order valence-corrected chi connectivity index (χ1v) is 6.22. The minimum Gasteiger partial charge on any atom is -0.487 e. The number of aromatic nitrogens is 2. The number of esters is 1. The fraction of sp³-hybridized carbons (Fsp3) is 0.214. The van der Waals surface area contributed by atoms with Gasteiger partial charge in [0, 0.05) is 0 Å². The van der Waals surface area contributed by atoms with E-state index in [1.807, 2.05) is 0 Å². The molecule has 1 heterocycles. The minimum absolute atomic E-state index is 0.0213. The van der Waals surface area contributed by atoms with Gasteiger partial charge in [-0.15, -0.1) is 0 Å². The summed E-state index contributed by atoms with van der Waals surface area (Å²) in [5, 5.41) is 0. The molecule has 0 unspecified atom stereocenters. The Bertz CT molecular complexity index is 679. The van der Waals surface area contributed by atoms with Crippen molar-refractivity contribution < 1.29 is 19.0 Å². The molecule has 110 valence electrons. The van der Waals surface area contributed by atoms with Crippen LogP contribution in [-0.2, 0) is 4.74 Å². The highest BCUT2D eigenvalue weighted by atomic mass is 16.5. The summed E-state index contributed by atoms with van der Waals surface area (Å²) < 4.78 is 15.3. The lowest BCUT2D eigenvalue weighted by atomic mass is 10.2. The molecule has 0 aliphatic carbocycles. The Kier molecular flexibility index (Phi) is 4.55. The minimum atomic E-state index is -0.439. The number of ether oxygens (including phenoxy) is 3. The van der Waals surface area contributed by atoms with Crippen LogP contribution in [0.2, 0.25) is 0 Å². The zero-order valence-corrected chi connectivity index (χ0v) is 11.6. The van der Waals surface area contributed by atoms with Gasteiger partial charge in [0.05, 0.1) is 25.6 Å². The molecule has 2 rings (SSSR count). The Morgan fingerprint density at radius 1 is 1.29 bits per heavy atom. The lowest BCUT2D eigenvalue weighted by molar-refractivity contribution is 0.0526. The number of rotatable bonds is 5. The van der Waals surface area contributed by atoms with Gasteiger partial charge < -0.3 is 19.2 Å². The Labute approximate surface area is 120 Å². The molecule has 7 heteroatoms. The number of nitrogens with one attached hydrogen (secondary N) is 1. The summed E-state index contributed by atoms with van der Waals surface area (Å²) in [6.07, 6.45) is 1.22. The third-order valence-electron chi connectivity index (χ3n) is 2.56. The average Bonchev–Trinajstić information content (AvgIpc) is 2.48. The Morgan fingerprint density at radius 3 is 2.62 bits per heavy atom. The van der Waals surface area contributed by atoms with Crippen molar-refractivity contribution in [2.24, 2.45) is 0 Å². The lowest BCUT2D eigenvalue weighted by Gasteiger charge is -2.08. The van der Waals surface area contributed by atoms with E-state index in [9.17, 15) is 9.59 Å². The standard InChI is InChI=1S/C14H14N2O5/c1-3-20-14(18)9-4-6-10(7-5-9)21-13-11(19-2)12(17)15-8-16-13/h4-8H,3H2,1-2H3,(H,15,16,17). The van der Waals surface area contributed by atoms with E-state index < -0.39 is 11.5 Å². The Morgan fingerprint density at radius 2 is 2.00 bits per heavy atom. The molecule has 0 saturated heterocycles. The molecule has 0 spiro atoms. The highest BCUT2D eigenvalue weighted by Crippen LogP contribution is 2.25. The van der Waals surface area contributed by atoms with Gasteiger partial charge in [0.1, 0.15) is 5.75 Å². The van der Waals surface area contributed by atoms with E-state index in [0.29, 0.717) is 17.9 Å². The lowest BCUT2D eigenvalue weighted by Crippen LogP contribution is -2.11. The molecular formula is C14H14N2O5. The summed E-state index contributed by atoms with van der Waals surface area (Å²) in [6.45, 7) is 2.05. The first kappa shape index (κ1) is 14.6. The number of aromatic amines is 1. The number of H-pyrrole nitrogens is 1. The maximum atomic E-state index is 11.5. The zero-order chi connectivity index (χ0) is 15.2. The maximum absolute atomic E-state index is 11.5. The van der Waals surface area contributed by atoms with Crippen molar-refractivity contribution >= 4 is 5.97 Å². The third-order valence-corrected chi connectivity index (χ3v) is 2.56. The van der Waals surface area contributed by atoms with Gasteiger partial charge in [-0.1, -0.05) is 0 Å². The molecule has 0 aliphatic rings. The van der Waals surface area contributed by atoms with Crippen molar-refractivity contribution in [2.75, 3.05) is 13.7 Å². The predicted molar refractivity (Wildman–Crippen MR) is 73.9 cm³/mol. The molecule has 2 aromatic rings. The first-order valence-electron chi connectivity index (χ1n) is 6.22. The Balaban J connectivity index is 2.19. The van der Waals surface area contributed by atoms with E-state index >= 15 is 0 Å². The van der Waals surface area contributed by atoms with Gasteiger partial charge in [0.25, 0.3) is 11.4 Å². The van der Waals surface area contributed by atoms with Gasteiger partial charge in [0.15, 0.2) is 0 Å². The second-order valence-corrected chi connectivity index (χ2v) is 3.92. The van der Waals surface area contributed by atoms with Crippen LogP contribution < -0.4 is 15.0 Å². The fourth-order valence-corrected chi connectivity index (χ4v) is 1.61. The van der Waals surface area contributed by atoms with Crippen LogP contribution in [0.15, 0.2) is 35.4 Å². The maximum Gasteiger partial charge on any atom is 0.338 e. The first-order chi connectivity index (χ1) is 10.2. The van der Waals surface area contributed by atoms with Crippen LogP contribution in [-0.4, -0.2) is 29.7 Å². The SMILES string of the molecule is CCOC(=O)c1ccc(Oc2nc[nH]c(=O)c2OC)cc1. The van der Waals surface area contributed by atoms with Crippen LogP contribution in [0.5, 0.6) is 17.4 Å². The van der Waals surface area contributed by atoms with Crippen LogP contribution in [0.1, 0.15) is 17.3 Å². The predicted octanol–water partition coefficient (Wildman–Crippen LogP) is 1.75. The van der Waals surface area contributed by atoms with Crippen molar-refractivity contribution in [3.63, 3.8) is 0 Å². The van der Waals surface area contributed by atoms with Crippen LogP contribution in [0.25, 0.3) is 0 Å². The number of hydrogen-bond acceptors (Lipinski definition) is 6. The van der Waals surface area contributed by atoms with E-state index in [1.165, 1.54) is 13.4 Å². The van der Waals surface area contributed by atoms with Crippen LogP contribution in [0.3, 0.4) is 0 Å². The normalized spacial score (nSPS) is 10.0. The van der Waals surface area contributed by atoms with Crippen LogP contribution in [0, 0.1) is 0 Å². The quantitative estimate of drug-likeness (QED) is 0.844. The average molecular weight is 290 g/mol. The van der Waals surface area contributed by atoms with Gasteiger partial charge in [-0.2, -0.15) is 0 Å². The van der Waals surface area contributed by atoms with Crippen LogP contribution in [0.4, 0.5) is 0 Å². The van der Waals surface area contributed by atoms with Gasteiger partial charge in [-0.05, 0) is 31.2 Å². The summed E-state index contributed by atoms with van der Waals surface area (Å²) in [5.74, 6) is 0.0347. The molecule has 0 fully saturated rings. The number of hydrogen-bond donors (Lipinski definition) is 1. The fourth-order valence-electron chi connectivity index (χ4n) is 1.61. The highest BCUT2D eigenvalue weighted by molar-refractivity contribution is 5.89. The topological polar surface area (TPSA) is 90.5 Å². The zero-order valence-electron chi connectivity index (χ0n) is 11.6. The van der Waals surface area contributed by atoms with Crippen LogP contribution >= 0.6 is 0 Å². The Hall–Kier alpha value is -2.83. The van der Waals surface area contributed by atoms with Gasteiger partial charge in [0.2, 0.25) is 5.75 Å². The summed E-state index contributed by atoms with van der Waals surface area (Å²) in [6, 6.07) is 6.28. The third kappa shape index (κ3) is 3.38. The van der Waals surface area contributed by atoms with Crippen molar-refractivity contribution in [2.45, 2.75) is 6.92 Å². The monoisotopic (exact) mass is 290 g/mol. The van der Waals surface area contributed by atoms with Crippen molar-refractivity contribution in [1.29, 1.82) is 0 Å². The van der Waals surface area contributed by atoms with Crippen molar-refractivity contribution in [1.82, 2.24) is 9.97 Å². The molecule has 1 N–H and O–H groups in total. The molecule has 0 bridgehead atoms. The van der Waals surface area contributed by atoms with E-state index in [2.05, 4.69) is 9.97 Å². The second kappa shape index (κ2) is 6.56. The van der Waals surface area contributed by atoms with Crippen molar-refractivity contribution in [3.8, 4) is 17.4 Å². The summed E-state index contributed by atoms with van der Waals surface area (Å²) in [4.78, 5) is 29.3. The number of carbonyl (C=O) groups is 1. The van der Waals surface area contributed by atoms with E-state index in [1.54, 1.807) is 31.2 Å². The van der Waals surface area contributed by atoms with Gasteiger partial charge in [-0.25, -0.2) is 9.78 Å². The second-order valence-electron chi connectivity index (χ2n) is 3.92. The highest BCUT2D eigenvalue weighted by Gasteiger charge is 2.12. The number of nitrogens with zero attached hydrogens (tertiary/aromatic N) is 1. The number of benzene rings is 1. The molecule has 21 heavy (non-hydrogen) atoms. The molecule has 0 amide bonds. The van der Waals surface area contributed by atoms with E-state index in [0.717, 1.165) is 0 Å². The van der Waals surface area contributed by atoms with E-state index in [4.69, 9.17) is 14.2 Å². The largest absolute Gasteiger partial charge is 0.487 e. The van der Waals surface area contributed by atoms with Gasteiger partial charge in [-0.3, -0.25) is 4.79 Å². The van der Waals surface area contributed by atoms with E-state index in [-0.39, 0.29) is 11.6 Å². The number of methoxy groups -OCH3 is 1.